The molecule has 0 bridgehead atoms. The minimum atomic E-state index is -1.97. The van der Waals surface area contributed by atoms with E-state index in [1.807, 2.05) is 0 Å². The number of aromatic nitrogens is 5. The summed E-state index contributed by atoms with van der Waals surface area (Å²) in [6.07, 6.45) is 1.24. The molecule has 0 saturated carbocycles. The number of aliphatic hydroxyl groups is 1. The zero-order chi connectivity index (χ0) is 28.4. The molecule has 0 fully saturated rings. The second-order valence-corrected chi connectivity index (χ2v) is 9.03. The summed E-state index contributed by atoms with van der Waals surface area (Å²) in [4.78, 5) is 0. The van der Waals surface area contributed by atoms with Crippen LogP contribution in [0.4, 0.5) is 22.0 Å². The molecule has 0 amide bonds. The predicted octanol–water partition coefficient (Wildman–Crippen LogP) is 5.29. The molecule has 0 aliphatic rings. The van der Waals surface area contributed by atoms with Crippen molar-refractivity contribution in [1.29, 1.82) is 0 Å². The van der Waals surface area contributed by atoms with Crippen molar-refractivity contribution in [3.63, 3.8) is 0 Å². The fraction of sp³-hybridized carbons (Fsp3) is 0.185. The smallest absolute Gasteiger partial charge is 0.168 e. The van der Waals surface area contributed by atoms with Crippen LogP contribution in [-0.4, -0.2) is 30.5 Å². The highest BCUT2D eigenvalue weighted by molar-refractivity contribution is 5.60. The molecule has 206 valence electrons. The van der Waals surface area contributed by atoms with Gasteiger partial charge in [0.25, 0.3) is 0 Å². The van der Waals surface area contributed by atoms with E-state index in [1.54, 1.807) is 25.1 Å². The van der Waals surface area contributed by atoms with E-state index in [1.165, 1.54) is 23.1 Å². The Balaban J connectivity index is 1.37. The maximum atomic E-state index is 14.8. The van der Waals surface area contributed by atoms with Gasteiger partial charge in [-0.25, -0.2) is 26.6 Å². The molecule has 2 heterocycles. The quantitative estimate of drug-likeness (QED) is 0.194. The lowest BCUT2D eigenvalue weighted by atomic mass is 9.80. The standard InChI is InChI=1S/C27H20F5N5O3/c1-15(27(38,13-37-14-33-35-36-37)20-7-4-17(28)10-23(20)31)25-11-24(34-40-25)16-2-5-18(6-3-16)39-12-19-21(29)8-9-22(30)26(19)32/h2-11,14-15,38H,12-13H2,1H3/t15-,27+/m0/s1. The average Bonchev–Trinajstić information content (AvgIpc) is 3.63. The summed E-state index contributed by atoms with van der Waals surface area (Å²) in [6.45, 7) is 0.775. The van der Waals surface area contributed by atoms with Crippen LogP contribution in [0.25, 0.3) is 11.3 Å². The van der Waals surface area contributed by atoms with Crippen LogP contribution in [0.5, 0.6) is 5.75 Å². The number of ether oxygens (including phenoxy) is 1. The second-order valence-electron chi connectivity index (χ2n) is 9.03. The highest BCUT2D eigenvalue weighted by Crippen LogP contribution is 2.40. The zero-order valence-corrected chi connectivity index (χ0v) is 20.7. The molecule has 2 aromatic heterocycles. The molecule has 0 radical (unpaired) electrons. The molecule has 1 N–H and O–H groups in total. The van der Waals surface area contributed by atoms with Gasteiger partial charge in [-0.2, -0.15) is 0 Å². The summed E-state index contributed by atoms with van der Waals surface area (Å²) in [5.74, 6) is -5.66. The van der Waals surface area contributed by atoms with Crippen molar-refractivity contribution >= 4 is 0 Å². The molecule has 5 rings (SSSR count). The van der Waals surface area contributed by atoms with Crippen LogP contribution >= 0.6 is 0 Å². The molecule has 8 nitrogen and oxygen atoms in total. The normalized spacial score (nSPS) is 13.7. The fourth-order valence-corrected chi connectivity index (χ4v) is 4.24. The van der Waals surface area contributed by atoms with Gasteiger partial charge in [0.15, 0.2) is 11.6 Å². The van der Waals surface area contributed by atoms with Crippen molar-refractivity contribution in [2.45, 2.75) is 31.6 Å². The third-order valence-corrected chi connectivity index (χ3v) is 6.54. The van der Waals surface area contributed by atoms with Crippen molar-refractivity contribution in [1.82, 2.24) is 25.4 Å². The Hall–Kier alpha value is -4.65. The van der Waals surface area contributed by atoms with E-state index in [4.69, 9.17) is 9.26 Å². The van der Waals surface area contributed by atoms with Gasteiger partial charge in [-0.05, 0) is 52.9 Å². The lowest BCUT2D eigenvalue weighted by Crippen LogP contribution is -2.38. The molecule has 13 heteroatoms. The van der Waals surface area contributed by atoms with Crippen molar-refractivity contribution in [3.05, 3.63) is 113 Å². The highest BCUT2D eigenvalue weighted by atomic mass is 19.2. The Labute approximate surface area is 223 Å². The summed E-state index contributed by atoms with van der Waals surface area (Å²) in [5, 5.41) is 26.5. The van der Waals surface area contributed by atoms with Crippen molar-refractivity contribution < 1.29 is 36.3 Å². The summed E-state index contributed by atoms with van der Waals surface area (Å²) >= 11 is 0. The number of nitrogens with zero attached hydrogens (tertiary/aromatic N) is 5. The monoisotopic (exact) mass is 557 g/mol. The van der Waals surface area contributed by atoms with Crippen LogP contribution < -0.4 is 4.74 Å². The minimum Gasteiger partial charge on any atom is -0.489 e. The number of hydrogen-bond acceptors (Lipinski definition) is 7. The van der Waals surface area contributed by atoms with Gasteiger partial charge in [0, 0.05) is 23.3 Å². The molecule has 0 aliphatic heterocycles. The van der Waals surface area contributed by atoms with Gasteiger partial charge < -0.3 is 14.4 Å². The number of tetrazole rings is 1. The van der Waals surface area contributed by atoms with Gasteiger partial charge in [0.05, 0.1) is 18.0 Å². The van der Waals surface area contributed by atoms with Gasteiger partial charge in [0.1, 0.15) is 53.2 Å². The maximum absolute atomic E-state index is 14.8. The van der Waals surface area contributed by atoms with E-state index in [-0.39, 0.29) is 23.6 Å². The topological polar surface area (TPSA) is 99.1 Å². The zero-order valence-electron chi connectivity index (χ0n) is 20.7. The van der Waals surface area contributed by atoms with Gasteiger partial charge in [-0.3, -0.25) is 0 Å². The van der Waals surface area contributed by atoms with Crippen LogP contribution in [0.2, 0.25) is 0 Å². The number of hydrogen-bond donors (Lipinski definition) is 1. The Morgan fingerprint density at radius 1 is 0.950 bits per heavy atom. The lowest BCUT2D eigenvalue weighted by molar-refractivity contribution is -0.0185. The fourth-order valence-electron chi connectivity index (χ4n) is 4.24. The molecule has 5 aromatic rings. The first-order valence-corrected chi connectivity index (χ1v) is 11.9. The molecular formula is C27H20F5N5O3. The average molecular weight is 557 g/mol. The number of benzene rings is 3. The molecule has 0 saturated heterocycles. The molecule has 40 heavy (non-hydrogen) atoms. The van der Waals surface area contributed by atoms with Crippen LogP contribution in [0.3, 0.4) is 0 Å². The van der Waals surface area contributed by atoms with Gasteiger partial charge >= 0.3 is 0 Å². The first-order chi connectivity index (χ1) is 19.2. The number of rotatable bonds is 9. The Kier molecular flexibility index (Phi) is 7.30. The van der Waals surface area contributed by atoms with Gasteiger partial charge in [0.2, 0.25) is 0 Å². The predicted molar refractivity (Wildman–Crippen MR) is 129 cm³/mol. The Morgan fingerprint density at radius 2 is 1.70 bits per heavy atom. The van der Waals surface area contributed by atoms with E-state index in [0.717, 1.165) is 18.2 Å². The third kappa shape index (κ3) is 5.27. The highest BCUT2D eigenvalue weighted by Gasteiger charge is 2.42. The number of halogens is 5. The van der Waals surface area contributed by atoms with Crippen molar-refractivity contribution in [2.75, 3.05) is 0 Å². The summed E-state index contributed by atoms with van der Waals surface area (Å²) in [6, 6.07) is 12.1. The molecule has 0 aliphatic carbocycles. The summed E-state index contributed by atoms with van der Waals surface area (Å²) in [7, 11) is 0. The lowest BCUT2D eigenvalue weighted by Gasteiger charge is -2.33. The van der Waals surface area contributed by atoms with Gasteiger partial charge in [-0.1, -0.05) is 18.1 Å². The first-order valence-electron chi connectivity index (χ1n) is 11.9. The minimum absolute atomic E-state index is 0.187. The van der Waals surface area contributed by atoms with E-state index in [0.29, 0.717) is 23.4 Å². The van der Waals surface area contributed by atoms with E-state index in [9.17, 15) is 27.1 Å². The maximum Gasteiger partial charge on any atom is 0.168 e. The SMILES string of the molecule is C[C@@H](c1cc(-c2ccc(OCc3c(F)ccc(F)c3F)cc2)no1)[C@](O)(Cn1cnnn1)c1ccc(F)cc1F. The Morgan fingerprint density at radius 3 is 2.40 bits per heavy atom. The molecule has 0 unspecified atom stereocenters. The molecule has 2 atom stereocenters. The summed E-state index contributed by atoms with van der Waals surface area (Å²) < 4.78 is 81.6. The third-order valence-electron chi connectivity index (χ3n) is 6.54. The first kappa shape index (κ1) is 26.9. The van der Waals surface area contributed by atoms with Crippen LogP contribution in [0.1, 0.15) is 29.7 Å². The van der Waals surface area contributed by atoms with Crippen molar-refractivity contribution in [3.8, 4) is 17.0 Å². The van der Waals surface area contributed by atoms with E-state index >= 15 is 0 Å². The molecular weight excluding hydrogens is 537 g/mol. The Bertz CT molecular complexity index is 1630. The largest absolute Gasteiger partial charge is 0.489 e. The van der Waals surface area contributed by atoms with E-state index in [2.05, 4.69) is 20.7 Å². The molecule has 3 aromatic carbocycles. The van der Waals surface area contributed by atoms with Crippen LogP contribution in [0, 0.1) is 29.1 Å². The van der Waals surface area contributed by atoms with E-state index < -0.39 is 52.8 Å². The second kappa shape index (κ2) is 10.8. The van der Waals surface area contributed by atoms with Gasteiger partial charge in [-0.15, -0.1) is 5.10 Å². The molecule has 0 spiro atoms. The van der Waals surface area contributed by atoms with Crippen molar-refractivity contribution in [2.24, 2.45) is 0 Å². The summed E-state index contributed by atoms with van der Waals surface area (Å²) in [5.41, 5.74) is -1.77. The van der Waals surface area contributed by atoms with Crippen LogP contribution in [-0.2, 0) is 18.8 Å². The van der Waals surface area contributed by atoms with Crippen LogP contribution in [0.15, 0.2) is 71.5 Å².